The van der Waals surface area contributed by atoms with Crippen LogP contribution in [0.5, 0.6) is 5.75 Å². The molecule has 43 heavy (non-hydrogen) atoms. The van der Waals surface area contributed by atoms with Crippen molar-refractivity contribution in [2.45, 2.75) is 37.2 Å². The van der Waals surface area contributed by atoms with E-state index in [4.69, 9.17) is 4.74 Å². The first-order valence-corrected chi connectivity index (χ1v) is 15.6. The zero-order valence-corrected chi connectivity index (χ0v) is 25.2. The van der Waals surface area contributed by atoms with Crippen LogP contribution in [0.4, 0.5) is 5.69 Å². The molecule has 0 radical (unpaired) electrons. The predicted octanol–water partition coefficient (Wildman–Crippen LogP) is 5.06. The summed E-state index contributed by atoms with van der Waals surface area (Å²) in [5.41, 5.74) is 2.04. The number of carbonyl (C=O) groups excluding carboxylic acids is 2. The fourth-order valence-electron chi connectivity index (χ4n) is 4.70. The molecule has 0 heterocycles. The highest BCUT2D eigenvalue weighted by Crippen LogP contribution is 2.26. The van der Waals surface area contributed by atoms with E-state index in [1.807, 2.05) is 67.6 Å². The molecular formula is C34H37N3O5S. The van der Waals surface area contributed by atoms with Crippen molar-refractivity contribution in [3.63, 3.8) is 0 Å². The lowest BCUT2D eigenvalue weighted by Crippen LogP contribution is -2.53. The van der Waals surface area contributed by atoms with E-state index in [-0.39, 0.29) is 23.8 Å². The zero-order chi connectivity index (χ0) is 30.7. The molecule has 8 nitrogen and oxygen atoms in total. The summed E-state index contributed by atoms with van der Waals surface area (Å²) in [6.07, 6.45) is 1.00. The SMILES string of the molecule is CCCNC(=O)C(Cc1ccccc1)N(Cc1ccccc1)C(=O)CN(c1ccccc1)S(=O)(=O)c1ccc(OC)cc1. The molecule has 4 aromatic carbocycles. The van der Waals surface area contributed by atoms with Crippen LogP contribution in [0.3, 0.4) is 0 Å². The molecule has 0 aromatic heterocycles. The minimum Gasteiger partial charge on any atom is -0.497 e. The van der Waals surface area contributed by atoms with Gasteiger partial charge in [-0.1, -0.05) is 85.8 Å². The molecule has 1 atom stereocenters. The topological polar surface area (TPSA) is 96.0 Å². The molecule has 0 aliphatic carbocycles. The van der Waals surface area contributed by atoms with Crippen LogP contribution in [0.25, 0.3) is 0 Å². The van der Waals surface area contributed by atoms with E-state index in [0.717, 1.165) is 21.9 Å². The molecule has 0 fully saturated rings. The van der Waals surface area contributed by atoms with Crippen LogP contribution in [-0.2, 0) is 32.6 Å². The van der Waals surface area contributed by atoms with E-state index in [2.05, 4.69) is 5.32 Å². The molecule has 0 spiro atoms. The smallest absolute Gasteiger partial charge is 0.264 e. The third-order valence-corrected chi connectivity index (χ3v) is 8.77. The Hall–Kier alpha value is -4.63. The highest BCUT2D eigenvalue weighted by atomic mass is 32.2. The van der Waals surface area contributed by atoms with Gasteiger partial charge in [-0.15, -0.1) is 0 Å². The fourth-order valence-corrected chi connectivity index (χ4v) is 6.11. The van der Waals surface area contributed by atoms with E-state index in [9.17, 15) is 18.0 Å². The monoisotopic (exact) mass is 599 g/mol. The number of methoxy groups -OCH3 is 1. The summed E-state index contributed by atoms with van der Waals surface area (Å²) in [5, 5.41) is 2.95. The van der Waals surface area contributed by atoms with Gasteiger partial charge in [0.15, 0.2) is 0 Å². The van der Waals surface area contributed by atoms with E-state index >= 15 is 0 Å². The first-order chi connectivity index (χ1) is 20.8. The third kappa shape index (κ3) is 8.23. The number of nitrogens with zero attached hydrogens (tertiary/aromatic N) is 2. The van der Waals surface area contributed by atoms with Crippen LogP contribution >= 0.6 is 0 Å². The summed E-state index contributed by atoms with van der Waals surface area (Å²) in [4.78, 5) is 29.5. The molecule has 4 aromatic rings. The zero-order valence-electron chi connectivity index (χ0n) is 24.4. The number of anilines is 1. The first kappa shape index (κ1) is 31.3. The van der Waals surface area contributed by atoms with Gasteiger partial charge in [0.25, 0.3) is 10.0 Å². The number of benzene rings is 4. The number of para-hydroxylation sites is 1. The van der Waals surface area contributed by atoms with E-state index in [1.54, 1.807) is 42.5 Å². The number of carbonyl (C=O) groups is 2. The van der Waals surface area contributed by atoms with Crippen LogP contribution in [-0.4, -0.2) is 51.4 Å². The molecule has 4 rings (SSSR count). The molecule has 1 N–H and O–H groups in total. The Balaban J connectivity index is 1.76. The largest absolute Gasteiger partial charge is 0.497 e. The minimum atomic E-state index is -4.17. The molecule has 0 aliphatic heterocycles. The Labute approximate surface area is 254 Å². The molecule has 2 amide bonds. The van der Waals surface area contributed by atoms with Crippen molar-refractivity contribution < 1.29 is 22.7 Å². The summed E-state index contributed by atoms with van der Waals surface area (Å²) in [6, 6.07) is 32.5. The Morgan fingerprint density at radius 1 is 0.791 bits per heavy atom. The minimum absolute atomic E-state index is 0.0149. The highest BCUT2D eigenvalue weighted by Gasteiger charge is 2.34. The summed E-state index contributed by atoms with van der Waals surface area (Å²) >= 11 is 0. The Bertz CT molecular complexity index is 1570. The van der Waals surface area contributed by atoms with E-state index in [1.165, 1.54) is 24.1 Å². The van der Waals surface area contributed by atoms with Crippen molar-refractivity contribution >= 4 is 27.5 Å². The highest BCUT2D eigenvalue weighted by molar-refractivity contribution is 7.92. The summed E-state index contributed by atoms with van der Waals surface area (Å²) in [7, 11) is -2.67. The molecule has 9 heteroatoms. The molecule has 0 aliphatic rings. The third-order valence-electron chi connectivity index (χ3n) is 6.99. The van der Waals surface area contributed by atoms with Crippen molar-refractivity contribution in [2.24, 2.45) is 0 Å². The summed E-state index contributed by atoms with van der Waals surface area (Å²) in [5.74, 6) is -0.284. The van der Waals surface area contributed by atoms with Crippen LogP contribution in [0, 0.1) is 0 Å². The van der Waals surface area contributed by atoms with Crippen molar-refractivity contribution in [2.75, 3.05) is 24.5 Å². The number of amides is 2. The van der Waals surface area contributed by atoms with Crippen molar-refractivity contribution in [1.82, 2.24) is 10.2 Å². The second kappa shape index (κ2) is 15.0. The van der Waals surface area contributed by atoms with Gasteiger partial charge in [-0.25, -0.2) is 8.42 Å². The van der Waals surface area contributed by atoms with Gasteiger partial charge in [0.1, 0.15) is 18.3 Å². The number of hydrogen-bond donors (Lipinski definition) is 1. The summed E-state index contributed by atoms with van der Waals surface area (Å²) < 4.78 is 34.3. The fraction of sp³-hybridized carbons (Fsp3) is 0.235. The van der Waals surface area contributed by atoms with Gasteiger partial charge >= 0.3 is 0 Å². The molecule has 0 saturated heterocycles. The second-order valence-corrected chi connectivity index (χ2v) is 11.9. The number of rotatable bonds is 14. The normalized spacial score (nSPS) is 11.8. The van der Waals surface area contributed by atoms with Gasteiger partial charge in [-0.05, 0) is 53.9 Å². The van der Waals surface area contributed by atoms with E-state index < -0.39 is 28.5 Å². The van der Waals surface area contributed by atoms with Crippen LogP contribution in [0.15, 0.2) is 120 Å². The van der Waals surface area contributed by atoms with Gasteiger partial charge in [-0.2, -0.15) is 0 Å². The molecule has 1 unspecified atom stereocenters. The predicted molar refractivity (Wildman–Crippen MR) is 168 cm³/mol. The Morgan fingerprint density at radius 2 is 1.35 bits per heavy atom. The molecule has 0 saturated carbocycles. The lowest BCUT2D eigenvalue weighted by atomic mass is 10.0. The lowest BCUT2D eigenvalue weighted by molar-refractivity contribution is -0.140. The molecular weight excluding hydrogens is 562 g/mol. The average Bonchev–Trinajstić information content (AvgIpc) is 3.05. The number of ether oxygens (including phenoxy) is 1. The molecule has 0 bridgehead atoms. The van der Waals surface area contributed by atoms with Crippen molar-refractivity contribution in [1.29, 1.82) is 0 Å². The quantitative estimate of drug-likeness (QED) is 0.219. The number of hydrogen-bond acceptors (Lipinski definition) is 5. The van der Waals surface area contributed by atoms with Gasteiger partial charge in [-0.3, -0.25) is 13.9 Å². The van der Waals surface area contributed by atoms with Crippen molar-refractivity contribution in [3.05, 3.63) is 126 Å². The number of sulfonamides is 1. The Kier molecular flexibility index (Phi) is 10.9. The second-order valence-electron chi connectivity index (χ2n) is 10.0. The van der Waals surface area contributed by atoms with Gasteiger partial charge in [0, 0.05) is 19.5 Å². The lowest BCUT2D eigenvalue weighted by Gasteiger charge is -2.34. The molecule has 224 valence electrons. The Morgan fingerprint density at radius 3 is 1.91 bits per heavy atom. The van der Waals surface area contributed by atoms with Gasteiger partial charge in [0.2, 0.25) is 11.8 Å². The maximum absolute atomic E-state index is 14.3. The first-order valence-electron chi connectivity index (χ1n) is 14.2. The van der Waals surface area contributed by atoms with Crippen LogP contribution in [0.1, 0.15) is 24.5 Å². The van der Waals surface area contributed by atoms with Crippen LogP contribution in [0.2, 0.25) is 0 Å². The van der Waals surface area contributed by atoms with Gasteiger partial charge < -0.3 is 15.0 Å². The van der Waals surface area contributed by atoms with E-state index in [0.29, 0.717) is 18.0 Å². The van der Waals surface area contributed by atoms with Crippen molar-refractivity contribution in [3.8, 4) is 5.75 Å². The summed E-state index contributed by atoms with van der Waals surface area (Å²) in [6.45, 7) is 2.04. The van der Waals surface area contributed by atoms with Crippen LogP contribution < -0.4 is 14.4 Å². The average molecular weight is 600 g/mol. The van der Waals surface area contributed by atoms with Gasteiger partial charge in [0.05, 0.1) is 17.7 Å². The number of nitrogens with one attached hydrogen (secondary N) is 1. The maximum atomic E-state index is 14.3. The maximum Gasteiger partial charge on any atom is 0.264 e. The standard InChI is InChI=1S/C34H37N3O5S/c1-3-23-35-34(39)32(24-27-13-7-4-8-14-27)36(25-28-15-9-5-10-16-28)33(38)26-37(29-17-11-6-12-18-29)43(40,41)31-21-19-30(42-2)20-22-31/h4-22,32H,3,23-26H2,1-2H3,(H,35,39).